The van der Waals surface area contributed by atoms with Crippen molar-refractivity contribution in [3.8, 4) is 5.75 Å². The summed E-state index contributed by atoms with van der Waals surface area (Å²) in [5, 5.41) is 0. The molecule has 3 nitrogen and oxygen atoms in total. The number of likely N-dealkylation sites (N-methyl/N-ethyl adjacent to an activating group) is 1. The highest BCUT2D eigenvalue weighted by Gasteiger charge is 2.17. The van der Waals surface area contributed by atoms with Gasteiger partial charge in [0.1, 0.15) is 18.2 Å². The van der Waals surface area contributed by atoms with Crippen LogP contribution in [0.15, 0.2) is 24.3 Å². The smallest absolute Gasteiger partial charge is 0.123 e. The molecule has 1 aromatic carbocycles. The zero-order valence-electron chi connectivity index (χ0n) is 11.4. The minimum absolute atomic E-state index is 0.116. The predicted molar refractivity (Wildman–Crippen MR) is 72.2 cm³/mol. The Bertz CT molecular complexity index is 351. The summed E-state index contributed by atoms with van der Waals surface area (Å²) in [7, 11) is 2.05. The Balaban J connectivity index is 2.27. The number of rotatable bonds is 7. The molecule has 2 N–H and O–H groups in total. The van der Waals surface area contributed by atoms with Crippen molar-refractivity contribution < 1.29 is 9.13 Å². The van der Waals surface area contributed by atoms with Crippen molar-refractivity contribution in [3.63, 3.8) is 0 Å². The van der Waals surface area contributed by atoms with Gasteiger partial charge in [0.2, 0.25) is 0 Å². The lowest BCUT2D eigenvalue weighted by molar-refractivity contribution is 0.181. The lowest BCUT2D eigenvalue weighted by Crippen LogP contribution is -2.38. The molecule has 0 aromatic heterocycles. The monoisotopic (exact) mass is 254 g/mol. The summed E-state index contributed by atoms with van der Waals surface area (Å²) in [6.07, 6.45) is 0. The number of ether oxygens (including phenoxy) is 1. The second-order valence-corrected chi connectivity index (χ2v) is 5.41. The quantitative estimate of drug-likeness (QED) is 0.810. The fraction of sp³-hybridized carbons (Fsp3) is 0.571. The van der Waals surface area contributed by atoms with Gasteiger partial charge >= 0.3 is 0 Å². The fourth-order valence-electron chi connectivity index (χ4n) is 1.72. The molecule has 0 saturated heterocycles. The Hall–Kier alpha value is -1.13. The third kappa shape index (κ3) is 5.47. The molecule has 18 heavy (non-hydrogen) atoms. The maximum Gasteiger partial charge on any atom is 0.123 e. The first kappa shape index (κ1) is 14.9. The molecule has 0 saturated carbocycles. The normalized spacial score (nSPS) is 11.9. The summed E-state index contributed by atoms with van der Waals surface area (Å²) in [6.45, 7) is 7.28. The molecule has 0 amide bonds. The van der Waals surface area contributed by atoms with Crippen molar-refractivity contribution in [2.75, 3.05) is 33.3 Å². The second-order valence-electron chi connectivity index (χ2n) is 5.41. The Morgan fingerprint density at radius 1 is 1.28 bits per heavy atom. The summed E-state index contributed by atoms with van der Waals surface area (Å²) in [5.74, 6) is 0.451. The fourth-order valence-corrected chi connectivity index (χ4v) is 1.72. The molecule has 0 spiro atoms. The van der Waals surface area contributed by atoms with Crippen LogP contribution in [-0.4, -0.2) is 38.2 Å². The van der Waals surface area contributed by atoms with Crippen LogP contribution in [0.1, 0.15) is 13.8 Å². The SMILES string of the molecule is CN(CCOc1ccc(F)cc1)CC(C)(C)CN. The molecule has 0 radical (unpaired) electrons. The first-order valence-electron chi connectivity index (χ1n) is 6.20. The molecule has 0 aliphatic carbocycles. The molecule has 0 aliphatic rings. The van der Waals surface area contributed by atoms with Gasteiger partial charge in [0.25, 0.3) is 0 Å². The van der Waals surface area contributed by atoms with Crippen LogP contribution in [0.2, 0.25) is 0 Å². The first-order chi connectivity index (χ1) is 8.43. The molecular formula is C14H23FN2O. The highest BCUT2D eigenvalue weighted by Crippen LogP contribution is 2.14. The Labute approximate surface area is 109 Å². The van der Waals surface area contributed by atoms with Gasteiger partial charge in [0.15, 0.2) is 0 Å². The zero-order valence-corrected chi connectivity index (χ0v) is 11.4. The minimum atomic E-state index is -0.246. The average Bonchev–Trinajstić information content (AvgIpc) is 2.31. The maximum atomic E-state index is 12.7. The van der Waals surface area contributed by atoms with E-state index >= 15 is 0 Å². The topological polar surface area (TPSA) is 38.5 Å². The van der Waals surface area contributed by atoms with E-state index in [2.05, 4.69) is 18.7 Å². The van der Waals surface area contributed by atoms with Crippen LogP contribution in [0.25, 0.3) is 0 Å². The van der Waals surface area contributed by atoms with Gasteiger partial charge in [0, 0.05) is 13.1 Å². The van der Waals surface area contributed by atoms with Crippen molar-refractivity contribution in [2.24, 2.45) is 11.1 Å². The van der Waals surface area contributed by atoms with E-state index in [1.807, 2.05) is 7.05 Å². The van der Waals surface area contributed by atoms with E-state index in [4.69, 9.17) is 10.5 Å². The van der Waals surface area contributed by atoms with E-state index in [1.54, 1.807) is 12.1 Å². The number of halogens is 1. The molecule has 0 fully saturated rings. The lowest BCUT2D eigenvalue weighted by atomic mass is 9.93. The highest BCUT2D eigenvalue weighted by atomic mass is 19.1. The third-order valence-electron chi connectivity index (χ3n) is 2.81. The standard InChI is InChI=1S/C14H23FN2O/c1-14(2,10-16)11-17(3)8-9-18-13-6-4-12(15)5-7-13/h4-7H,8-11,16H2,1-3H3. The molecule has 0 unspecified atom stereocenters. The number of benzene rings is 1. The highest BCUT2D eigenvalue weighted by molar-refractivity contribution is 5.21. The summed E-state index contributed by atoms with van der Waals surface area (Å²) in [6, 6.07) is 6.07. The van der Waals surface area contributed by atoms with Gasteiger partial charge < -0.3 is 15.4 Å². The van der Waals surface area contributed by atoms with E-state index in [-0.39, 0.29) is 11.2 Å². The van der Waals surface area contributed by atoms with Crippen molar-refractivity contribution in [3.05, 3.63) is 30.1 Å². The van der Waals surface area contributed by atoms with Crippen LogP contribution in [0.3, 0.4) is 0 Å². The van der Waals surface area contributed by atoms with Gasteiger partial charge in [-0.1, -0.05) is 13.8 Å². The molecule has 0 atom stereocenters. The van der Waals surface area contributed by atoms with Crippen LogP contribution in [0.4, 0.5) is 4.39 Å². The average molecular weight is 254 g/mol. The molecular weight excluding hydrogens is 231 g/mol. The summed E-state index contributed by atoms with van der Waals surface area (Å²) in [4.78, 5) is 2.19. The summed E-state index contributed by atoms with van der Waals surface area (Å²) in [5.41, 5.74) is 5.81. The zero-order chi connectivity index (χ0) is 13.6. The largest absolute Gasteiger partial charge is 0.492 e. The number of hydrogen-bond donors (Lipinski definition) is 1. The Morgan fingerprint density at radius 2 is 1.89 bits per heavy atom. The van der Waals surface area contributed by atoms with Gasteiger partial charge in [-0.25, -0.2) is 4.39 Å². The number of hydrogen-bond acceptors (Lipinski definition) is 3. The molecule has 1 aromatic rings. The number of nitrogens with zero attached hydrogens (tertiary/aromatic N) is 1. The van der Waals surface area contributed by atoms with Crippen molar-refractivity contribution in [2.45, 2.75) is 13.8 Å². The van der Waals surface area contributed by atoms with Gasteiger partial charge in [0.05, 0.1) is 0 Å². The molecule has 0 heterocycles. The Morgan fingerprint density at radius 3 is 2.44 bits per heavy atom. The minimum Gasteiger partial charge on any atom is -0.492 e. The molecule has 0 aliphatic heterocycles. The van der Waals surface area contributed by atoms with Gasteiger partial charge in [-0.2, -0.15) is 0 Å². The summed E-state index contributed by atoms with van der Waals surface area (Å²) >= 11 is 0. The lowest BCUT2D eigenvalue weighted by Gasteiger charge is -2.28. The molecule has 0 bridgehead atoms. The first-order valence-corrected chi connectivity index (χ1v) is 6.20. The molecule has 4 heteroatoms. The van der Waals surface area contributed by atoms with Gasteiger partial charge in [-0.15, -0.1) is 0 Å². The van der Waals surface area contributed by atoms with Gasteiger partial charge in [-0.3, -0.25) is 0 Å². The van der Waals surface area contributed by atoms with Crippen molar-refractivity contribution >= 4 is 0 Å². The predicted octanol–water partition coefficient (Wildman–Crippen LogP) is 2.12. The van der Waals surface area contributed by atoms with E-state index in [0.29, 0.717) is 18.9 Å². The van der Waals surface area contributed by atoms with Crippen LogP contribution in [0.5, 0.6) is 5.75 Å². The Kier molecular flexibility index (Phi) is 5.56. The summed E-state index contributed by atoms with van der Waals surface area (Å²) < 4.78 is 18.2. The van der Waals surface area contributed by atoms with E-state index in [9.17, 15) is 4.39 Å². The van der Waals surface area contributed by atoms with E-state index < -0.39 is 0 Å². The van der Waals surface area contributed by atoms with Crippen molar-refractivity contribution in [1.29, 1.82) is 0 Å². The maximum absolute atomic E-state index is 12.7. The van der Waals surface area contributed by atoms with Crippen LogP contribution >= 0.6 is 0 Å². The number of nitrogens with two attached hydrogens (primary N) is 1. The van der Waals surface area contributed by atoms with Crippen LogP contribution < -0.4 is 10.5 Å². The van der Waals surface area contributed by atoms with Crippen molar-refractivity contribution in [1.82, 2.24) is 4.90 Å². The van der Waals surface area contributed by atoms with E-state index in [0.717, 1.165) is 13.1 Å². The second kappa shape index (κ2) is 6.71. The molecule has 102 valence electrons. The van der Waals surface area contributed by atoms with E-state index in [1.165, 1.54) is 12.1 Å². The van der Waals surface area contributed by atoms with Gasteiger partial charge in [-0.05, 0) is 43.3 Å². The third-order valence-corrected chi connectivity index (χ3v) is 2.81. The van der Waals surface area contributed by atoms with Crippen LogP contribution in [-0.2, 0) is 0 Å². The van der Waals surface area contributed by atoms with Crippen LogP contribution in [0, 0.1) is 11.2 Å². The molecule has 1 rings (SSSR count).